The number of benzene rings is 1. The Morgan fingerprint density at radius 3 is 2.77 bits per heavy atom. The monoisotopic (exact) mass is 180 g/mol. The number of phenolic OH excluding ortho intramolecular Hbond substituents is 1. The SMILES string of the molecule is COC(=O)Cc1c(C)cccc1O. The van der Waals surface area contributed by atoms with Gasteiger partial charge >= 0.3 is 5.97 Å². The lowest BCUT2D eigenvalue weighted by atomic mass is 10.1. The molecule has 0 fully saturated rings. The average Bonchev–Trinajstić information content (AvgIpc) is 2.11. The van der Waals surface area contributed by atoms with Crippen molar-refractivity contribution in [2.45, 2.75) is 13.3 Å². The van der Waals surface area contributed by atoms with Crippen LogP contribution in [0, 0.1) is 6.92 Å². The van der Waals surface area contributed by atoms with Gasteiger partial charge in [-0.2, -0.15) is 0 Å². The highest BCUT2D eigenvalue weighted by Crippen LogP contribution is 2.20. The molecule has 0 saturated heterocycles. The second kappa shape index (κ2) is 3.94. The smallest absolute Gasteiger partial charge is 0.310 e. The van der Waals surface area contributed by atoms with Gasteiger partial charge in [-0.05, 0) is 18.6 Å². The normalized spacial score (nSPS) is 9.69. The van der Waals surface area contributed by atoms with Crippen LogP contribution in [-0.4, -0.2) is 18.2 Å². The minimum atomic E-state index is -0.343. The van der Waals surface area contributed by atoms with Gasteiger partial charge in [0.25, 0.3) is 0 Å². The Balaban J connectivity index is 2.93. The van der Waals surface area contributed by atoms with E-state index in [9.17, 15) is 9.90 Å². The Hall–Kier alpha value is -1.51. The van der Waals surface area contributed by atoms with Gasteiger partial charge in [0, 0.05) is 5.56 Å². The number of esters is 1. The van der Waals surface area contributed by atoms with Crippen molar-refractivity contribution in [1.82, 2.24) is 0 Å². The molecule has 0 aliphatic rings. The zero-order chi connectivity index (χ0) is 9.84. The first-order valence-corrected chi connectivity index (χ1v) is 3.99. The molecule has 3 nitrogen and oxygen atoms in total. The highest BCUT2D eigenvalue weighted by atomic mass is 16.5. The van der Waals surface area contributed by atoms with Gasteiger partial charge in [0.05, 0.1) is 13.5 Å². The van der Waals surface area contributed by atoms with Gasteiger partial charge in [0.1, 0.15) is 5.75 Å². The maximum atomic E-state index is 11.0. The van der Waals surface area contributed by atoms with E-state index in [1.165, 1.54) is 7.11 Å². The van der Waals surface area contributed by atoms with E-state index >= 15 is 0 Å². The van der Waals surface area contributed by atoms with Crippen LogP contribution in [0.3, 0.4) is 0 Å². The summed E-state index contributed by atoms with van der Waals surface area (Å²) in [6.07, 6.45) is 0.120. The number of hydrogen-bond donors (Lipinski definition) is 1. The number of methoxy groups -OCH3 is 1. The van der Waals surface area contributed by atoms with Gasteiger partial charge in [-0.15, -0.1) is 0 Å². The molecule has 0 saturated carbocycles. The van der Waals surface area contributed by atoms with E-state index in [1.807, 2.05) is 13.0 Å². The van der Waals surface area contributed by atoms with Crippen LogP contribution in [0.15, 0.2) is 18.2 Å². The fourth-order valence-corrected chi connectivity index (χ4v) is 1.13. The molecular formula is C10H12O3. The van der Waals surface area contributed by atoms with Gasteiger partial charge in [0.2, 0.25) is 0 Å². The maximum absolute atomic E-state index is 11.0. The zero-order valence-electron chi connectivity index (χ0n) is 7.70. The van der Waals surface area contributed by atoms with Crippen molar-refractivity contribution in [3.63, 3.8) is 0 Å². The summed E-state index contributed by atoms with van der Waals surface area (Å²) < 4.78 is 4.51. The fourth-order valence-electron chi connectivity index (χ4n) is 1.13. The maximum Gasteiger partial charge on any atom is 0.310 e. The number of carbonyl (C=O) groups is 1. The summed E-state index contributed by atoms with van der Waals surface area (Å²) in [4.78, 5) is 11.0. The van der Waals surface area contributed by atoms with Crippen molar-refractivity contribution in [2.75, 3.05) is 7.11 Å². The van der Waals surface area contributed by atoms with Crippen LogP contribution >= 0.6 is 0 Å². The average molecular weight is 180 g/mol. The molecule has 0 bridgehead atoms. The molecular weight excluding hydrogens is 168 g/mol. The minimum absolute atomic E-state index is 0.120. The third-order valence-electron chi connectivity index (χ3n) is 1.93. The summed E-state index contributed by atoms with van der Waals surface area (Å²) in [5.74, 6) is -0.199. The molecule has 1 aromatic rings. The fraction of sp³-hybridized carbons (Fsp3) is 0.300. The molecule has 3 heteroatoms. The number of rotatable bonds is 2. The number of phenols is 1. The van der Waals surface area contributed by atoms with Crippen molar-refractivity contribution in [1.29, 1.82) is 0 Å². The van der Waals surface area contributed by atoms with E-state index < -0.39 is 0 Å². The van der Waals surface area contributed by atoms with E-state index in [2.05, 4.69) is 4.74 Å². The van der Waals surface area contributed by atoms with Crippen LogP contribution < -0.4 is 0 Å². The van der Waals surface area contributed by atoms with Gasteiger partial charge in [-0.25, -0.2) is 0 Å². The number of hydrogen-bond acceptors (Lipinski definition) is 3. The predicted octanol–water partition coefficient (Wildman–Crippen LogP) is 1.42. The van der Waals surface area contributed by atoms with Crippen LogP contribution in [0.25, 0.3) is 0 Å². The summed E-state index contributed by atoms with van der Waals surface area (Å²) in [6.45, 7) is 1.85. The molecule has 70 valence electrons. The summed E-state index contributed by atoms with van der Waals surface area (Å²) in [7, 11) is 1.33. The first kappa shape index (κ1) is 9.58. The molecule has 0 heterocycles. The molecule has 0 aromatic heterocycles. The zero-order valence-corrected chi connectivity index (χ0v) is 7.70. The Labute approximate surface area is 77.0 Å². The van der Waals surface area contributed by atoms with Crippen LogP contribution in [0.5, 0.6) is 5.75 Å². The summed E-state index contributed by atoms with van der Waals surface area (Å²) >= 11 is 0. The number of aromatic hydroxyl groups is 1. The van der Waals surface area contributed by atoms with Crippen LogP contribution in [0.4, 0.5) is 0 Å². The highest BCUT2D eigenvalue weighted by molar-refractivity contribution is 5.73. The lowest BCUT2D eigenvalue weighted by Gasteiger charge is -2.06. The predicted molar refractivity (Wildman–Crippen MR) is 48.6 cm³/mol. The molecule has 1 N–H and O–H groups in total. The van der Waals surface area contributed by atoms with Crippen molar-refractivity contribution in [3.05, 3.63) is 29.3 Å². The van der Waals surface area contributed by atoms with E-state index in [0.29, 0.717) is 5.56 Å². The Morgan fingerprint density at radius 2 is 2.23 bits per heavy atom. The van der Waals surface area contributed by atoms with Gasteiger partial charge in [0.15, 0.2) is 0 Å². The molecule has 13 heavy (non-hydrogen) atoms. The second-order valence-electron chi connectivity index (χ2n) is 2.83. The Kier molecular flexibility index (Phi) is 2.90. The molecule has 0 atom stereocenters. The highest BCUT2D eigenvalue weighted by Gasteiger charge is 2.09. The number of carbonyl (C=O) groups excluding carboxylic acids is 1. The summed E-state index contributed by atoms with van der Waals surface area (Å²) in [5, 5.41) is 9.43. The second-order valence-corrected chi connectivity index (χ2v) is 2.83. The standard InChI is InChI=1S/C10H12O3/c1-7-4-3-5-9(11)8(7)6-10(12)13-2/h3-5,11H,6H2,1-2H3. The van der Waals surface area contributed by atoms with Crippen molar-refractivity contribution in [3.8, 4) is 5.75 Å². The molecule has 0 spiro atoms. The third-order valence-corrected chi connectivity index (χ3v) is 1.93. The summed E-state index contributed by atoms with van der Waals surface area (Å²) in [5.41, 5.74) is 1.53. The molecule has 1 aromatic carbocycles. The van der Waals surface area contributed by atoms with Crippen LogP contribution in [-0.2, 0) is 16.0 Å². The van der Waals surface area contributed by atoms with Crippen LogP contribution in [0.2, 0.25) is 0 Å². The first-order chi connectivity index (χ1) is 6.15. The summed E-state index contributed by atoms with van der Waals surface area (Å²) in [6, 6.07) is 5.15. The third kappa shape index (κ3) is 2.21. The lowest BCUT2D eigenvalue weighted by Crippen LogP contribution is -2.05. The number of aryl methyl sites for hydroxylation is 1. The molecule has 1 rings (SSSR count). The van der Waals surface area contributed by atoms with Crippen molar-refractivity contribution >= 4 is 5.97 Å². The van der Waals surface area contributed by atoms with Gasteiger partial charge in [-0.3, -0.25) is 4.79 Å². The van der Waals surface area contributed by atoms with E-state index in [1.54, 1.807) is 12.1 Å². The lowest BCUT2D eigenvalue weighted by molar-refractivity contribution is -0.139. The number of ether oxygens (including phenoxy) is 1. The van der Waals surface area contributed by atoms with Gasteiger partial charge in [-0.1, -0.05) is 12.1 Å². The van der Waals surface area contributed by atoms with Crippen molar-refractivity contribution < 1.29 is 14.6 Å². The first-order valence-electron chi connectivity index (χ1n) is 3.99. The van der Waals surface area contributed by atoms with Gasteiger partial charge < -0.3 is 9.84 Å². The Morgan fingerprint density at radius 1 is 1.54 bits per heavy atom. The Bertz CT molecular complexity index is 298. The molecule has 0 amide bonds. The minimum Gasteiger partial charge on any atom is -0.508 e. The molecule has 0 radical (unpaired) electrons. The molecule has 0 aliphatic heterocycles. The topological polar surface area (TPSA) is 46.5 Å². The largest absolute Gasteiger partial charge is 0.508 e. The van der Waals surface area contributed by atoms with E-state index in [-0.39, 0.29) is 18.1 Å². The molecule has 0 unspecified atom stereocenters. The quantitative estimate of drug-likeness (QED) is 0.700. The molecule has 0 aliphatic carbocycles. The van der Waals surface area contributed by atoms with Crippen LogP contribution in [0.1, 0.15) is 11.1 Å². The van der Waals surface area contributed by atoms with E-state index in [0.717, 1.165) is 5.56 Å². The van der Waals surface area contributed by atoms with Crippen molar-refractivity contribution in [2.24, 2.45) is 0 Å². The van der Waals surface area contributed by atoms with E-state index in [4.69, 9.17) is 0 Å².